The molecule has 2 aromatic rings. The predicted octanol–water partition coefficient (Wildman–Crippen LogP) is 4.32. The van der Waals surface area contributed by atoms with E-state index in [0.29, 0.717) is 23.4 Å². The number of amides is 2. The van der Waals surface area contributed by atoms with Crippen molar-refractivity contribution in [1.29, 1.82) is 0 Å². The molecule has 5 rings (SSSR count). The lowest BCUT2D eigenvalue weighted by Crippen LogP contribution is -2.35. The summed E-state index contributed by atoms with van der Waals surface area (Å²) >= 11 is 0. The lowest BCUT2D eigenvalue weighted by molar-refractivity contribution is 0.0534. The highest BCUT2D eigenvalue weighted by molar-refractivity contribution is 6.01. The number of benzene rings is 1. The van der Waals surface area contributed by atoms with Gasteiger partial charge in [-0.25, -0.2) is 4.79 Å². The van der Waals surface area contributed by atoms with Crippen molar-refractivity contribution in [3.63, 3.8) is 0 Å². The molecule has 2 amide bonds. The van der Waals surface area contributed by atoms with E-state index in [1.807, 2.05) is 30.9 Å². The van der Waals surface area contributed by atoms with E-state index in [2.05, 4.69) is 16.8 Å². The topological polar surface area (TPSA) is 80.6 Å². The van der Waals surface area contributed by atoms with Crippen LogP contribution in [-0.2, 0) is 30.9 Å². The van der Waals surface area contributed by atoms with E-state index in [9.17, 15) is 14.4 Å². The maximum atomic E-state index is 13.2. The molecule has 33 heavy (non-hydrogen) atoms. The van der Waals surface area contributed by atoms with Gasteiger partial charge in [-0.05, 0) is 62.8 Å². The molecule has 0 aliphatic carbocycles. The summed E-state index contributed by atoms with van der Waals surface area (Å²) < 4.78 is 7.10. The van der Waals surface area contributed by atoms with Gasteiger partial charge in [0.25, 0.3) is 11.8 Å². The van der Waals surface area contributed by atoms with Gasteiger partial charge < -0.3 is 19.5 Å². The quantitative estimate of drug-likeness (QED) is 0.699. The molecule has 0 saturated carbocycles. The molecule has 1 aromatic heterocycles. The van der Waals surface area contributed by atoms with Crippen molar-refractivity contribution < 1.29 is 20.5 Å². The second kappa shape index (κ2) is 9.81. The predicted molar refractivity (Wildman–Crippen MR) is 127 cm³/mol. The van der Waals surface area contributed by atoms with E-state index < -0.39 is 0 Å². The molecule has 178 valence electrons. The molecule has 1 atom stereocenters. The van der Waals surface area contributed by atoms with Gasteiger partial charge in [0.2, 0.25) is 0 Å². The third-order valence-electron chi connectivity index (χ3n) is 6.73. The van der Waals surface area contributed by atoms with Crippen LogP contribution in [0, 0.1) is 0 Å². The molecule has 0 spiro atoms. The van der Waals surface area contributed by atoms with Crippen LogP contribution in [-0.4, -0.2) is 39.8 Å². The first-order valence-electron chi connectivity index (χ1n) is 12.1. The highest BCUT2D eigenvalue weighted by Gasteiger charge is 2.31. The van der Waals surface area contributed by atoms with E-state index in [1.165, 1.54) is 0 Å². The SMILES string of the molecule is CC.C[C@H]1CCCN1C(=O)c1cc(C(=O)NCc2ccc3c(c2)COC3=O)c2n1CCCC2.[HH]. The van der Waals surface area contributed by atoms with Gasteiger partial charge in [-0.1, -0.05) is 19.9 Å². The van der Waals surface area contributed by atoms with Crippen LogP contribution in [0.25, 0.3) is 0 Å². The number of rotatable bonds is 4. The first-order chi connectivity index (χ1) is 16.0. The third kappa shape index (κ3) is 4.41. The standard InChI is InChI=1S/C24H27N3O4.C2H6.H2/c1-15-5-4-10-26(15)23(29)21-12-19(20-6-2-3-9-27(20)21)22(28)25-13-16-7-8-18-17(11-16)14-31-24(18)30;1-2;/h7-8,11-12,15H,2-6,9-10,13-14H2,1H3,(H,25,28);1-2H3;1H/t15-;;/m0../s1. The van der Waals surface area contributed by atoms with Crippen LogP contribution in [0.1, 0.15) is 95.9 Å². The number of carbonyl (C=O) groups excluding carboxylic acids is 3. The molecule has 3 aliphatic heterocycles. The van der Waals surface area contributed by atoms with Crippen molar-refractivity contribution in [1.82, 2.24) is 14.8 Å². The molecule has 0 unspecified atom stereocenters. The van der Waals surface area contributed by atoms with Crippen LogP contribution in [0.5, 0.6) is 0 Å². The molecule has 7 heteroatoms. The Hall–Kier alpha value is -3.09. The normalized spacial score (nSPS) is 18.7. The second-order valence-corrected chi connectivity index (χ2v) is 8.74. The number of carbonyl (C=O) groups is 3. The third-order valence-corrected chi connectivity index (χ3v) is 6.73. The molecule has 1 saturated heterocycles. The van der Waals surface area contributed by atoms with Gasteiger partial charge in [-0.2, -0.15) is 0 Å². The number of cyclic esters (lactones) is 1. The average Bonchev–Trinajstić information content (AvgIpc) is 3.55. The van der Waals surface area contributed by atoms with Crippen molar-refractivity contribution in [2.75, 3.05) is 6.54 Å². The first kappa shape index (κ1) is 23.1. The highest BCUT2D eigenvalue weighted by Crippen LogP contribution is 2.27. The smallest absolute Gasteiger partial charge is 0.338 e. The van der Waals surface area contributed by atoms with Gasteiger partial charge in [0.05, 0.1) is 11.1 Å². The Morgan fingerprint density at radius 3 is 2.73 bits per heavy atom. The molecular formula is C26H35N3O4. The summed E-state index contributed by atoms with van der Waals surface area (Å²) in [5, 5.41) is 3.00. The fourth-order valence-corrected chi connectivity index (χ4v) is 5.01. The minimum absolute atomic E-state index is 0. The Balaban J connectivity index is 0.00000105. The van der Waals surface area contributed by atoms with Crippen LogP contribution in [0.15, 0.2) is 24.3 Å². The molecule has 1 aromatic carbocycles. The summed E-state index contributed by atoms with van der Waals surface area (Å²) in [5.74, 6) is -0.418. The van der Waals surface area contributed by atoms with Crippen molar-refractivity contribution in [2.45, 2.75) is 78.6 Å². The summed E-state index contributed by atoms with van der Waals surface area (Å²) in [4.78, 5) is 39.8. The zero-order valence-corrected chi connectivity index (χ0v) is 19.8. The fraction of sp³-hybridized carbons (Fsp3) is 0.500. The molecule has 7 nitrogen and oxygen atoms in total. The van der Waals surface area contributed by atoms with E-state index in [-0.39, 0.29) is 31.9 Å². The highest BCUT2D eigenvalue weighted by atomic mass is 16.5. The Bertz CT molecular complexity index is 1080. The van der Waals surface area contributed by atoms with E-state index >= 15 is 0 Å². The minimum atomic E-state index is -0.296. The average molecular weight is 454 g/mol. The molecule has 1 fully saturated rings. The Morgan fingerprint density at radius 2 is 1.97 bits per heavy atom. The molecule has 0 radical (unpaired) electrons. The van der Waals surface area contributed by atoms with Gasteiger partial charge in [-0.15, -0.1) is 0 Å². The van der Waals surface area contributed by atoms with Crippen LogP contribution < -0.4 is 5.32 Å². The van der Waals surface area contributed by atoms with Gasteiger partial charge in [0.1, 0.15) is 12.3 Å². The van der Waals surface area contributed by atoms with E-state index in [4.69, 9.17) is 4.74 Å². The van der Waals surface area contributed by atoms with Crippen LogP contribution in [0.2, 0.25) is 0 Å². The van der Waals surface area contributed by atoms with E-state index in [0.717, 1.165) is 62.0 Å². The lowest BCUT2D eigenvalue weighted by Gasteiger charge is -2.24. The van der Waals surface area contributed by atoms with Crippen molar-refractivity contribution in [3.05, 3.63) is 57.9 Å². The zero-order valence-electron chi connectivity index (χ0n) is 19.8. The molecule has 4 heterocycles. The molecule has 3 aliphatic rings. The Morgan fingerprint density at radius 1 is 1.15 bits per heavy atom. The van der Waals surface area contributed by atoms with Crippen molar-refractivity contribution in [3.8, 4) is 0 Å². The zero-order chi connectivity index (χ0) is 23.5. The van der Waals surface area contributed by atoms with Gasteiger partial charge in [0.15, 0.2) is 0 Å². The monoisotopic (exact) mass is 453 g/mol. The van der Waals surface area contributed by atoms with Crippen LogP contribution in [0.4, 0.5) is 0 Å². The minimum Gasteiger partial charge on any atom is -0.457 e. The number of hydrogen-bond acceptors (Lipinski definition) is 4. The maximum Gasteiger partial charge on any atom is 0.338 e. The Kier molecular flexibility index (Phi) is 6.86. The van der Waals surface area contributed by atoms with Gasteiger partial charge >= 0.3 is 5.97 Å². The maximum absolute atomic E-state index is 13.2. The summed E-state index contributed by atoms with van der Waals surface area (Å²) in [6, 6.07) is 7.53. The molecular weight excluding hydrogens is 418 g/mol. The largest absolute Gasteiger partial charge is 0.457 e. The number of fused-ring (bicyclic) bond motifs is 2. The number of esters is 1. The van der Waals surface area contributed by atoms with Crippen molar-refractivity contribution in [2.24, 2.45) is 0 Å². The number of ether oxygens (including phenoxy) is 1. The summed E-state index contributed by atoms with van der Waals surface area (Å²) in [7, 11) is 0. The number of nitrogens with zero attached hydrogens (tertiary/aromatic N) is 2. The van der Waals surface area contributed by atoms with Crippen LogP contribution in [0.3, 0.4) is 0 Å². The number of hydrogen-bond donors (Lipinski definition) is 1. The number of nitrogens with one attached hydrogen (secondary N) is 1. The summed E-state index contributed by atoms with van der Waals surface area (Å²) in [6.45, 7) is 8.30. The lowest BCUT2D eigenvalue weighted by atomic mass is 10.1. The van der Waals surface area contributed by atoms with Gasteiger partial charge in [0, 0.05) is 38.4 Å². The molecule has 0 bridgehead atoms. The molecule has 1 N–H and O–H groups in total. The van der Waals surface area contributed by atoms with Crippen LogP contribution >= 0.6 is 0 Å². The fourth-order valence-electron chi connectivity index (χ4n) is 5.01. The van der Waals surface area contributed by atoms with Gasteiger partial charge in [-0.3, -0.25) is 9.59 Å². The number of aromatic nitrogens is 1. The summed E-state index contributed by atoms with van der Waals surface area (Å²) in [5.41, 5.74) is 4.57. The van der Waals surface area contributed by atoms with Crippen molar-refractivity contribution >= 4 is 17.8 Å². The Labute approximate surface area is 196 Å². The first-order valence-corrected chi connectivity index (χ1v) is 12.1. The summed E-state index contributed by atoms with van der Waals surface area (Å²) in [6.07, 6.45) is 4.92. The second-order valence-electron chi connectivity index (χ2n) is 8.74. The van der Waals surface area contributed by atoms with E-state index in [1.54, 1.807) is 12.1 Å². The number of likely N-dealkylation sites (tertiary alicyclic amines) is 1.